The Morgan fingerprint density at radius 2 is 1.89 bits per heavy atom. The third-order valence-electron chi connectivity index (χ3n) is 2.73. The molecule has 0 aromatic rings. The van der Waals surface area contributed by atoms with E-state index in [-0.39, 0.29) is 5.41 Å². The molecular weight excluding hydrogens is 230 g/mol. The first kappa shape index (κ1) is 17.8. The molecule has 0 aromatic heterocycles. The molecule has 18 heavy (non-hydrogen) atoms. The van der Waals surface area contributed by atoms with Crippen LogP contribution in [0.2, 0.25) is 0 Å². The maximum absolute atomic E-state index is 9.72. The highest BCUT2D eigenvalue weighted by Crippen LogP contribution is 2.18. The third kappa shape index (κ3) is 11.0. The van der Waals surface area contributed by atoms with Gasteiger partial charge >= 0.3 is 0 Å². The second-order valence-electron chi connectivity index (χ2n) is 6.12. The zero-order chi connectivity index (χ0) is 14.0. The maximum atomic E-state index is 9.72. The Bertz CT molecular complexity index is 195. The van der Waals surface area contributed by atoms with Crippen molar-refractivity contribution < 1.29 is 14.6 Å². The highest BCUT2D eigenvalue weighted by Gasteiger charge is 2.17. The molecule has 0 fully saturated rings. The molecule has 0 amide bonds. The summed E-state index contributed by atoms with van der Waals surface area (Å²) in [6.45, 7) is 11.9. The van der Waals surface area contributed by atoms with Gasteiger partial charge in [-0.05, 0) is 17.8 Å². The van der Waals surface area contributed by atoms with Crippen LogP contribution in [0.5, 0.6) is 0 Å². The molecule has 110 valence electrons. The first-order chi connectivity index (χ1) is 8.37. The number of hydrogen-bond donors (Lipinski definition) is 2. The largest absolute Gasteiger partial charge is 0.389 e. The molecule has 0 bridgehead atoms. The minimum Gasteiger partial charge on any atom is -0.389 e. The molecule has 0 radical (unpaired) electrons. The van der Waals surface area contributed by atoms with Gasteiger partial charge in [-0.2, -0.15) is 0 Å². The van der Waals surface area contributed by atoms with E-state index in [4.69, 9.17) is 9.47 Å². The summed E-state index contributed by atoms with van der Waals surface area (Å²) in [7, 11) is 1.72. The minimum absolute atomic E-state index is 0.189. The molecule has 0 aromatic carbocycles. The highest BCUT2D eigenvalue weighted by atomic mass is 16.5. The van der Waals surface area contributed by atoms with Crippen molar-refractivity contribution in [3.63, 3.8) is 0 Å². The van der Waals surface area contributed by atoms with Gasteiger partial charge in [-0.15, -0.1) is 0 Å². The van der Waals surface area contributed by atoms with Gasteiger partial charge in [0.05, 0.1) is 12.7 Å². The molecule has 0 aliphatic carbocycles. The Kier molecular flexibility index (Phi) is 9.64. The van der Waals surface area contributed by atoms with Gasteiger partial charge in [0, 0.05) is 33.4 Å². The van der Waals surface area contributed by atoms with Crippen molar-refractivity contribution in [2.45, 2.75) is 40.2 Å². The molecule has 0 saturated heterocycles. The molecule has 0 saturated carbocycles. The topological polar surface area (TPSA) is 50.7 Å². The molecule has 1 unspecified atom stereocenters. The molecule has 4 nitrogen and oxygen atoms in total. The second kappa shape index (κ2) is 9.73. The molecule has 0 aliphatic rings. The van der Waals surface area contributed by atoms with E-state index < -0.39 is 6.10 Å². The third-order valence-corrected chi connectivity index (χ3v) is 2.73. The lowest BCUT2D eigenvalue weighted by Gasteiger charge is -2.25. The van der Waals surface area contributed by atoms with Gasteiger partial charge in [-0.3, -0.25) is 0 Å². The lowest BCUT2D eigenvalue weighted by Crippen LogP contribution is -2.37. The van der Waals surface area contributed by atoms with Crippen LogP contribution in [0.15, 0.2) is 0 Å². The molecule has 2 N–H and O–H groups in total. The van der Waals surface area contributed by atoms with Crippen LogP contribution >= 0.6 is 0 Å². The van der Waals surface area contributed by atoms with Crippen LogP contribution in [0.1, 0.15) is 34.1 Å². The normalized spacial score (nSPS) is 14.2. The van der Waals surface area contributed by atoms with Crippen molar-refractivity contribution in [3.05, 3.63) is 0 Å². The van der Waals surface area contributed by atoms with Crippen molar-refractivity contribution >= 4 is 0 Å². The molecule has 4 heteroatoms. The van der Waals surface area contributed by atoms with E-state index in [0.717, 1.165) is 19.6 Å². The molecule has 0 spiro atoms. The maximum Gasteiger partial charge on any atom is 0.0897 e. The van der Waals surface area contributed by atoms with E-state index in [1.165, 1.54) is 0 Å². The van der Waals surface area contributed by atoms with Gasteiger partial charge in [-0.25, -0.2) is 0 Å². The van der Waals surface area contributed by atoms with Crippen molar-refractivity contribution in [2.75, 3.05) is 40.0 Å². The van der Waals surface area contributed by atoms with Gasteiger partial charge in [-0.1, -0.05) is 27.7 Å². The summed E-state index contributed by atoms with van der Waals surface area (Å²) in [4.78, 5) is 0. The van der Waals surface area contributed by atoms with Crippen LogP contribution < -0.4 is 5.32 Å². The van der Waals surface area contributed by atoms with Crippen LogP contribution in [-0.4, -0.2) is 51.2 Å². The lowest BCUT2D eigenvalue weighted by atomic mass is 9.90. The zero-order valence-corrected chi connectivity index (χ0v) is 12.7. The van der Waals surface area contributed by atoms with Crippen LogP contribution in [0, 0.1) is 11.3 Å². The van der Waals surface area contributed by atoms with Crippen LogP contribution in [0.25, 0.3) is 0 Å². The summed E-state index contributed by atoms with van der Waals surface area (Å²) in [6, 6.07) is 0. The first-order valence-electron chi connectivity index (χ1n) is 6.83. The van der Waals surface area contributed by atoms with E-state index in [2.05, 4.69) is 33.0 Å². The number of aliphatic hydroxyl groups is 1. The number of nitrogens with one attached hydrogen (secondary N) is 1. The number of methoxy groups -OCH3 is 1. The molecule has 1 atom stereocenters. The van der Waals surface area contributed by atoms with Gasteiger partial charge in [0.25, 0.3) is 0 Å². The Morgan fingerprint density at radius 3 is 2.44 bits per heavy atom. The summed E-state index contributed by atoms with van der Waals surface area (Å²) >= 11 is 0. The fourth-order valence-corrected chi connectivity index (χ4v) is 1.54. The van der Waals surface area contributed by atoms with Crippen LogP contribution in [-0.2, 0) is 9.47 Å². The number of hydrogen-bond acceptors (Lipinski definition) is 4. The van der Waals surface area contributed by atoms with Crippen LogP contribution in [0.3, 0.4) is 0 Å². The van der Waals surface area contributed by atoms with E-state index >= 15 is 0 Å². The highest BCUT2D eigenvalue weighted by molar-refractivity contribution is 4.72. The number of rotatable bonds is 11. The Morgan fingerprint density at radius 1 is 1.22 bits per heavy atom. The van der Waals surface area contributed by atoms with Crippen molar-refractivity contribution in [1.29, 1.82) is 0 Å². The molecule has 0 aliphatic heterocycles. The standard InChI is InChI=1S/C14H31NO3/c1-12(2)9-18-10-13(16)8-15-11-14(3,4)6-7-17-5/h12-13,15-16H,6-11H2,1-5H3. The van der Waals surface area contributed by atoms with Gasteiger partial charge in [0.1, 0.15) is 0 Å². The van der Waals surface area contributed by atoms with Gasteiger partial charge in [0.2, 0.25) is 0 Å². The Hall–Kier alpha value is -0.160. The van der Waals surface area contributed by atoms with E-state index in [0.29, 0.717) is 25.7 Å². The Balaban J connectivity index is 3.57. The van der Waals surface area contributed by atoms with Crippen LogP contribution in [0.4, 0.5) is 0 Å². The van der Waals surface area contributed by atoms with Crippen molar-refractivity contribution in [1.82, 2.24) is 5.32 Å². The van der Waals surface area contributed by atoms with E-state index in [1.807, 2.05) is 0 Å². The average molecular weight is 261 g/mol. The number of aliphatic hydroxyl groups excluding tert-OH is 1. The molecule has 0 rings (SSSR count). The molecule has 0 heterocycles. The van der Waals surface area contributed by atoms with Gasteiger partial charge < -0.3 is 19.9 Å². The number of ether oxygens (including phenoxy) is 2. The smallest absolute Gasteiger partial charge is 0.0897 e. The predicted molar refractivity (Wildman–Crippen MR) is 74.8 cm³/mol. The summed E-state index contributed by atoms with van der Waals surface area (Å²) in [5.74, 6) is 0.512. The quantitative estimate of drug-likeness (QED) is 0.594. The summed E-state index contributed by atoms with van der Waals surface area (Å²) < 4.78 is 10.5. The van der Waals surface area contributed by atoms with Crippen molar-refractivity contribution in [3.8, 4) is 0 Å². The SMILES string of the molecule is COCCC(C)(C)CNCC(O)COCC(C)C. The monoisotopic (exact) mass is 261 g/mol. The average Bonchev–Trinajstić information content (AvgIpc) is 2.25. The summed E-state index contributed by atoms with van der Waals surface area (Å²) in [5.41, 5.74) is 0.189. The fraction of sp³-hybridized carbons (Fsp3) is 1.00. The zero-order valence-electron chi connectivity index (χ0n) is 12.7. The van der Waals surface area contributed by atoms with E-state index in [1.54, 1.807) is 7.11 Å². The predicted octanol–water partition coefficient (Wildman–Crippen LogP) is 1.67. The summed E-state index contributed by atoms with van der Waals surface area (Å²) in [6.07, 6.45) is 0.582. The lowest BCUT2D eigenvalue weighted by molar-refractivity contribution is 0.0249. The Labute approximate surface area is 112 Å². The van der Waals surface area contributed by atoms with Gasteiger partial charge in [0.15, 0.2) is 0 Å². The van der Waals surface area contributed by atoms with Crippen molar-refractivity contribution in [2.24, 2.45) is 11.3 Å². The minimum atomic E-state index is -0.429. The second-order valence-corrected chi connectivity index (χ2v) is 6.12. The first-order valence-corrected chi connectivity index (χ1v) is 6.83. The fourth-order valence-electron chi connectivity index (χ4n) is 1.54. The molecular formula is C14H31NO3. The van der Waals surface area contributed by atoms with E-state index in [9.17, 15) is 5.11 Å². The summed E-state index contributed by atoms with van der Waals surface area (Å²) in [5, 5.41) is 13.0.